The molecule has 0 radical (unpaired) electrons. The highest BCUT2D eigenvalue weighted by Gasteiger charge is 2.42. The molecule has 2 aromatic rings. The van der Waals surface area contributed by atoms with Crippen molar-refractivity contribution < 1.29 is 8.81 Å². The van der Waals surface area contributed by atoms with Gasteiger partial charge in [0, 0.05) is 18.2 Å². The van der Waals surface area contributed by atoms with Gasteiger partial charge in [-0.05, 0) is 31.4 Å². The number of hydrogen-bond acceptors (Lipinski definition) is 3. The first-order valence-corrected chi connectivity index (χ1v) is 6.11. The zero-order valence-electron chi connectivity index (χ0n) is 9.32. The smallest absolute Gasteiger partial charge is 0.200 e. The molecule has 4 heteroatoms. The number of aromatic nitrogens is 1. The summed E-state index contributed by atoms with van der Waals surface area (Å²) in [5.41, 5.74) is 1.31. The van der Waals surface area contributed by atoms with Crippen LogP contribution >= 0.6 is 0 Å². The van der Waals surface area contributed by atoms with Crippen molar-refractivity contribution in [1.29, 1.82) is 0 Å². The topological polar surface area (TPSA) is 38.1 Å². The molecule has 2 fully saturated rings. The van der Waals surface area contributed by atoms with E-state index in [2.05, 4.69) is 10.3 Å². The molecule has 3 heterocycles. The molecule has 17 heavy (non-hydrogen) atoms. The molecule has 0 amide bonds. The maximum Gasteiger partial charge on any atom is 0.200 e. The number of halogens is 1. The summed E-state index contributed by atoms with van der Waals surface area (Å²) in [6.45, 7) is 0. The molecule has 2 saturated heterocycles. The van der Waals surface area contributed by atoms with Crippen LogP contribution in [0, 0.1) is 5.82 Å². The van der Waals surface area contributed by atoms with Crippen LogP contribution < -0.4 is 5.32 Å². The van der Waals surface area contributed by atoms with E-state index in [9.17, 15) is 4.39 Å². The van der Waals surface area contributed by atoms with Gasteiger partial charge >= 0.3 is 0 Å². The van der Waals surface area contributed by atoms with Gasteiger partial charge in [-0.15, -0.1) is 0 Å². The van der Waals surface area contributed by atoms with Crippen LogP contribution in [-0.4, -0.2) is 17.1 Å². The third-order valence-corrected chi connectivity index (χ3v) is 3.98. The van der Waals surface area contributed by atoms with E-state index in [1.54, 1.807) is 6.07 Å². The van der Waals surface area contributed by atoms with Gasteiger partial charge in [0.25, 0.3) is 0 Å². The number of hydrogen-bond donors (Lipinski definition) is 1. The molecular formula is C13H13FN2O. The molecule has 88 valence electrons. The largest absolute Gasteiger partial charge is 0.440 e. The van der Waals surface area contributed by atoms with Crippen molar-refractivity contribution in [2.45, 2.75) is 37.3 Å². The number of nitrogens with one attached hydrogen (secondary N) is 1. The Labute approximate surface area is 98.0 Å². The van der Waals surface area contributed by atoms with Crippen LogP contribution in [0.25, 0.3) is 11.1 Å². The lowest BCUT2D eigenvalue weighted by Gasteiger charge is -2.15. The quantitative estimate of drug-likeness (QED) is 0.821. The number of rotatable bonds is 1. The van der Waals surface area contributed by atoms with Gasteiger partial charge in [0.2, 0.25) is 0 Å². The van der Waals surface area contributed by atoms with Gasteiger partial charge in [0.05, 0.1) is 5.92 Å². The molecule has 0 aliphatic carbocycles. The second-order valence-corrected chi connectivity index (χ2v) is 5.05. The Balaban J connectivity index is 1.76. The summed E-state index contributed by atoms with van der Waals surface area (Å²) in [6, 6.07) is 5.63. The first-order valence-electron chi connectivity index (χ1n) is 6.11. The van der Waals surface area contributed by atoms with Gasteiger partial charge in [0.15, 0.2) is 11.5 Å². The number of benzene rings is 1. The van der Waals surface area contributed by atoms with Crippen LogP contribution in [0.1, 0.15) is 31.1 Å². The summed E-state index contributed by atoms with van der Waals surface area (Å²) < 4.78 is 18.8. The van der Waals surface area contributed by atoms with Gasteiger partial charge in [0.1, 0.15) is 11.3 Å². The molecule has 4 rings (SSSR count). The minimum Gasteiger partial charge on any atom is -0.440 e. The Bertz CT molecular complexity index is 580. The molecule has 3 unspecified atom stereocenters. The second-order valence-electron chi connectivity index (χ2n) is 5.05. The minimum atomic E-state index is -0.272. The lowest BCUT2D eigenvalue weighted by Crippen LogP contribution is -2.21. The Kier molecular flexibility index (Phi) is 1.86. The highest BCUT2D eigenvalue weighted by molar-refractivity contribution is 5.72. The van der Waals surface area contributed by atoms with Gasteiger partial charge in [-0.2, -0.15) is 0 Å². The molecule has 3 atom stereocenters. The predicted octanol–water partition coefficient (Wildman–Crippen LogP) is 2.57. The van der Waals surface area contributed by atoms with Crippen LogP contribution in [-0.2, 0) is 0 Å². The standard InChI is InChI=1S/C13H13FN2O/c14-7-1-3-11-12(5-7)17-13(16-11)9-6-8-2-4-10(9)15-8/h1,3,5,8-10,15H,2,4,6H2. The fourth-order valence-corrected chi connectivity index (χ4v) is 3.17. The Morgan fingerprint density at radius 2 is 2.29 bits per heavy atom. The van der Waals surface area contributed by atoms with Gasteiger partial charge < -0.3 is 9.73 Å². The number of oxazole rings is 1. The molecule has 0 saturated carbocycles. The lowest BCUT2D eigenvalue weighted by molar-refractivity contribution is 0.407. The van der Waals surface area contributed by atoms with E-state index in [1.807, 2.05) is 0 Å². The lowest BCUT2D eigenvalue weighted by atomic mass is 9.89. The van der Waals surface area contributed by atoms with Crippen molar-refractivity contribution in [3.05, 3.63) is 29.9 Å². The van der Waals surface area contributed by atoms with E-state index in [4.69, 9.17) is 4.42 Å². The molecule has 1 aromatic heterocycles. The average Bonchev–Trinajstić information content (AvgIpc) is 3.01. The van der Waals surface area contributed by atoms with E-state index in [1.165, 1.54) is 25.0 Å². The summed E-state index contributed by atoms with van der Waals surface area (Å²) in [7, 11) is 0. The van der Waals surface area contributed by atoms with Crippen molar-refractivity contribution >= 4 is 11.1 Å². The first-order chi connectivity index (χ1) is 8.29. The van der Waals surface area contributed by atoms with E-state index in [0.717, 1.165) is 17.8 Å². The molecule has 1 N–H and O–H groups in total. The third-order valence-electron chi connectivity index (χ3n) is 3.98. The maximum absolute atomic E-state index is 13.1. The van der Waals surface area contributed by atoms with Crippen LogP contribution in [0.15, 0.2) is 22.6 Å². The van der Waals surface area contributed by atoms with Crippen molar-refractivity contribution in [2.24, 2.45) is 0 Å². The van der Waals surface area contributed by atoms with Crippen LogP contribution in [0.4, 0.5) is 4.39 Å². The van der Waals surface area contributed by atoms with Crippen LogP contribution in [0.3, 0.4) is 0 Å². The number of fused-ring (bicyclic) bond motifs is 3. The highest BCUT2D eigenvalue weighted by Crippen LogP contribution is 2.40. The van der Waals surface area contributed by atoms with Gasteiger partial charge in [-0.25, -0.2) is 9.37 Å². The van der Waals surface area contributed by atoms with E-state index < -0.39 is 0 Å². The maximum atomic E-state index is 13.1. The van der Waals surface area contributed by atoms with Crippen LogP contribution in [0.2, 0.25) is 0 Å². The van der Waals surface area contributed by atoms with Crippen molar-refractivity contribution in [3.8, 4) is 0 Å². The normalized spacial score (nSPS) is 31.5. The summed E-state index contributed by atoms with van der Waals surface area (Å²) in [5, 5.41) is 3.56. The van der Waals surface area contributed by atoms with E-state index >= 15 is 0 Å². The highest BCUT2D eigenvalue weighted by atomic mass is 19.1. The fraction of sp³-hybridized carbons (Fsp3) is 0.462. The molecule has 2 aliphatic rings. The summed E-state index contributed by atoms with van der Waals surface area (Å²) >= 11 is 0. The Morgan fingerprint density at radius 1 is 1.35 bits per heavy atom. The van der Waals surface area contributed by atoms with Crippen molar-refractivity contribution in [2.75, 3.05) is 0 Å². The monoisotopic (exact) mass is 232 g/mol. The van der Waals surface area contributed by atoms with Gasteiger partial charge in [-0.1, -0.05) is 0 Å². The molecule has 1 aromatic carbocycles. The van der Waals surface area contributed by atoms with Crippen molar-refractivity contribution in [3.63, 3.8) is 0 Å². The van der Waals surface area contributed by atoms with E-state index in [0.29, 0.717) is 23.6 Å². The molecule has 3 nitrogen and oxygen atoms in total. The van der Waals surface area contributed by atoms with Crippen LogP contribution in [0.5, 0.6) is 0 Å². The minimum absolute atomic E-state index is 0.272. The van der Waals surface area contributed by atoms with E-state index in [-0.39, 0.29) is 5.82 Å². The fourth-order valence-electron chi connectivity index (χ4n) is 3.17. The molecule has 0 spiro atoms. The third kappa shape index (κ3) is 1.40. The Hall–Kier alpha value is -1.42. The summed E-state index contributed by atoms with van der Waals surface area (Å²) in [4.78, 5) is 4.48. The van der Waals surface area contributed by atoms with Gasteiger partial charge in [-0.3, -0.25) is 0 Å². The molecule has 2 bridgehead atoms. The summed E-state index contributed by atoms with van der Waals surface area (Å²) in [6.07, 6.45) is 3.55. The average molecular weight is 232 g/mol. The molecule has 2 aliphatic heterocycles. The zero-order valence-corrected chi connectivity index (χ0v) is 9.32. The van der Waals surface area contributed by atoms with Crippen molar-refractivity contribution in [1.82, 2.24) is 10.3 Å². The molecular weight excluding hydrogens is 219 g/mol. The first kappa shape index (κ1) is 9.59. The summed E-state index contributed by atoms with van der Waals surface area (Å²) in [5.74, 6) is 0.862. The number of nitrogens with zero attached hydrogens (tertiary/aromatic N) is 1. The predicted molar refractivity (Wildman–Crippen MR) is 61.3 cm³/mol. The SMILES string of the molecule is Fc1ccc2nc(C3CC4CCC3N4)oc2c1. The second kappa shape index (κ2) is 3.29. The Morgan fingerprint density at radius 3 is 3.06 bits per heavy atom. The zero-order chi connectivity index (χ0) is 11.4.